The van der Waals surface area contributed by atoms with Crippen LogP contribution in [0.15, 0.2) is 18.2 Å². The lowest BCUT2D eigenvalue weighted by Gasteiger charge is -2.36. The zero-order chi connectivity index (χ0) is 19.2. The van der Waals surface area contributed by atoms with E-state index in [9.17, 15) is 9.59 Å². The summed E-state index contributed by atoms with van der Waals surface area (Å²) in [6.45, 7) is 5.23. The Balaban J connectivity index is 1.45. The molecular weight excluding hydrogens is 348 g/mol. The van der Waals surface area contributed by atoms with Gasteiger partial charge in [-0.2, -0.15) is 4.98 Å². The van der Waals surface area contributed by atoms with E-state index in [-0.39, 0.29) is 18.0 Å². The molecule has 27 heavy (non-hydrogen) atoms. The van der Waals surface area contributed by atoms with Gasteiger partial charge in [-0.3, -0.25) is 4.79 Å². The minimum Gasteiger partial charge on any atom is -0.481 e. The highest BCUT2D eigenvalue weighted by molar-refractivity contribution is 5.75. The molecule has 3 rings (SSSR count). The summed E-state index contributed by atoms with van der Waals surface area (Å²) in [5.74, 6) is 0.500. The number of aromatic nitrogens is 1. The number of carbonyl (C=O) groups is 2. The molecule has 0 spiro atoms. The van der Waals surface area contributed by atoms with Gasteiger partial charge in [0.2, 0.25) is 5.88 Å². The first kappa shape index (κ1) is 19.3. The lowest BCUT2D eigenvalue weighted by Crippen LogP contribution is -2.54. The molecule has 1 aromatic rings. The maximum atomic E-state index is 12.5. The topological polar surface area (TPSA) is 95.0 Å². The lowest BCUT2D eigenvalue weighted by atomic mass is 9.86. The predicted molar refractivity (Wildman–Crippen MR) is 101 cm³/mol. The maximum Gasteiger partial charge on any atom is 0.317 e. The van der Waals surface area contributed by atoms with Crippen molar-refractivity contribution in [3.63, 3.8) is 0 Å². The van der Waals surface area contributed by atoms with Gasteiger partial charge in [-0.15, -0.1) is 0 Å². The van der Waals surface area contributed by atoms with E-state index in [2.05, 4.69) is 15.2 Å². The van der Waals surface area contributed by atoms with Gasteiger partial charge in [0, 0.05) is 38.3 Å². The molecule has 2 heterocycles. The molecule has 148 valence electrons. The van der Waals surface area contributed by atoms with E-state index >= 15 is 0 Å². The number of hydrogen-bond acceptors (Lipinski definition) is 5. The zero-order valence-corrected chi connectivity index (χ0v) is 15.8. The van der Waals surface area contributed by atoms with E-state index in [4.69, 9.17) is 9.84 Å². The smallest absolute Gasteiger partial charge is 0.317 e. The number of hydrogen-bond donors (Lipinski definition) is 2. The minimum atomic E-state index is -0.724. The summed E-state index contributed by atoms with van der Waals surface area (Å²) in [7, 11) is 0. The van der Waals surface area contributed by atoms with E-state index in [1.807, 2.05) is 30.0 Å². The monoisotopic (exact) mass is 376 g/mol. The largest absolute Gasteiger partial charge is 0.481 e. The van der Waals surface area contributed by atoms with Gasteiger partial charge in [-0.05, 0) is 38.7 Å². The highest BCUT2D eigenvalue weighted by Crippen LogP contribution is 2.24. The first-order valence-electron chi connectivity index (χ1n) is 9.70. The summed E-state index contributed by atoms with van der Waals surface area (Å²) in [5, 5.41) is 12.1. The summed E-state index contributed by atoms with van der Waals surface area (Å²) in [4.78, 5) is 32.0. The predicted octanol–water partition coefficient (Wildman–Crippen LogP) is 1.96. The Bertz CT molecular complexity index is 653. The van der Waals surface area contributed by atoms with Crippen LogP contribution in [0, 0.1) is 5.92 Å². The standard InChI is InChI=1S/C19H28N4O4/c1-2-27-17-5-3-4-16(21-17)22-10-12-23(13-11-22)19(26)20-15-8-6-14(7-9-15)18(24)25/h3-5,14-15H,2,6-13H2,1H3,(H,20,26)(H,24,25). The number of rotatable bonds is 5. The molecule has 2 amide bonds. The molecule has 1 aliphatic heterocycles. The van der Waals surface area contributed by atoms with Crippen molar-refractivity contribution in [3.05, 3.63) is 18.2 Å². The van der Waals surface area contributed by atoms with Gasteiger partial charge in [0.05, 0.1) is 12.5 Å². The van der Waals surface area contributed by atoms with Crippen molar-refractivity contribution in [1.82, 2.24) is 15.2 Å². The fourth-order valence-corrected chi connectivity index (χ4v) is 3.70. The lowest BCUT2D eigenvalue weighted by molar-refractivity contribution is -0.142. The van der Waals surface area contributed by atoms with E-state index < -0.39 is 5.97 Å². The molecule has 0 aromatic carbocycles. The van der Waals surface area contributed by atoms with Crippen molar-refractivity contribution < 1.29 is 19.4 Å². The minimum absolute atomic E-state index is 0.0514. The number of pyridine rings is 1. The molecule has 0 atom stereocenters. The Kier molecular flexibility index (Phi) is 6.36. The number of ether oxygens (including phenoxy) is 1. The SMILES string of the molecule is CCOc1cccc(N2CCN(C(=O)NC3CCC(C(=O)O)CC3)CC2)n1. The fourth-order valence-electron chi connectivity index (χ4n) is 3.70. The van der Waals surface area contributed by atoms with Gasteiger partial charge in [0.15, 0.2) is 0 Å². The molecular formula is C19H28N4O4. The molecule has 2 aliphatic rings. The van der Waals surface area contributed by atoms with Gasteiger partial charge in [-0.1, -0.05) is 6.07 Å². The van der Waals surface area contributed by atoms with Crippen molar-refractivity contribution in [2.45, 2.75) is 38.6 Å². The van der Waals surface area contributed by atoms with Crippen LogP contribution in [0.2, 0.25) is 0 Å². The number of amides is 2. The number of carbonyl (C=O) groups excluding carboxylic acids is 1. The molecule has 0 radical (unpaired) electrons. The fraction of sp³-hybridized carbons (Fsp3) is 0.632. The second kappa shape index (κ2) is 8.92. The van der Waals surface area contributed by atoms with Crippen LogP contribution < -0.4 is 15.0 Å². The first-order chi connectivity index (χ1) is 13.1. The van der Waals surface area contributed by atoms with E-state index in [1.54, 1.807) is 0 Å². The summed E-state index contributed by atoms with van der Waals surface area (Å²) >= 11 is 0. The van der Waals surface area contributed by atoms with Crippen LogP contribution in [0.25, 0.3) is 0 Å². The average Bonchev–Trinajstić information content (AvgIpc) is 2.69. The van der Waals surface area contributed by atoms with Crippen LogP contribution in [-0.4, -0.2) is 65.8 Å². The van der Waals surface area contributed by atoms with E-state index in [1.165, 1.54) is 0 Å². The molecule has 8 nitrogen and oxygen atoms in total. The summed E-state index contributed by atoms with van der Waals surface area (Å²) in [6.07, 6.45) is 2.74. The van der Waals surface area contributed by atoms with Crippen LogP contribution >= 0.6 is 0 Å². The number of carboxylic acid groups (broad SMARTS) is 1. The highest BCUT2D eigenvalue weighted by Gasteiger charge is 2.29. The second-order valence-electron chi connectivity index (χ2n) is 7.08. The Labute approximate surface area is 159 Å². The van der Waals surface area contributed by atoms with Crippen molar-refractivity contribution in [2.24, 2.45) is 5.92 Å². The molecule has 2 N–H and O–H groups in total. The third-order valence-electron chi connectivity index (χ3n) is 5.30. The Morgan fingerprint density at radius 2 is 1.89 bits per heavy atom. The number of aliphatic carboxylic acids is 1. The van der Waals surface area contributed by atoms with Gasteiger partial charge in [-0.25, -0.2) is 4.79 Å². The van der Waals surface area contributed by atoms with Gasteiger partial charge < -0.3 is 25.0 Å². The third-order valence-corrected chi connectivity index (χ3v) is 5.30. The van der Waals surface area contributed by atoms with E-state index in [0.29, 0.717) is 38.4 Å². The quantitative estimate of drug-likeness (QED) is 0.816. The molecule has 1 saturated heterocycles. The van der Waals surface area contributed by atoms with Crippen molar-refractivity contribution in [2.75, 3.05) is 37.7 Å². The average molecular weight is 376 g/mol. The summed E-state index contributed by atoms with van der Waals surface area (Å²) in [5.41, 5.74) is 0. The van der Waals surface area contributed by atoms with Crippen LogP contribution in [-0.2, 0) is 4.79 Å². The molecule has 2 fully saturated rings. The first-order valence-corrected chi connectivity index (χ1v) is 9.70. The number of carboxylic acids is 1. The molecule has 1 saturated carbocycles. The molecule has 1 aromatic heterocycles. The second-order valence-corrected chi connectivity index (χ2v) is 7.08. The number of nitrogens with one attached hydrogen (secondary N) is 1. The highest BCUT2D eigenvalue weighted by atomic mass is 16.5. The van der Waals surface area contributed by atoms with Crippen LogP contribution in [0.5, 0.6) is 5.88 Å². The van der Waals surface area contributed by atoms with Crippen LogP contribution in [0.3, 0.4) is 0 Å². The Morgan fingerprint density at radius 3 is 2.52 bits per heavy atom. The molecule has 8 heteroatoms. The van der Waals surface area contributed by atoms with Gasteiger partial charge in [0.1, 0.15) is 5.82 Å². The number of urea groups is 1. The molecule has 0 bridgehead atoms. The van der Waals surface area contributed by atoms with Crippen LogP contribution in [0.1, 0.15) is 32.6 Å². The number of piperazine rings is 1. The maximum absolute atomic E-state index is 12.5. The Morgan fingerprint density at radius 1 is 1.19 bits per heavy atom. The van der Waals surface area contributed by atoms with Crippen LogP contribution in [0.4, 0.5) is 10.6 Å². The zero-order valence-electron chi connectivity index (χ0n) is 15.8. The number of nitrogens with zero attached hydrogens (tertiary/aromatic N) is 3. The van der Waals surface area contributed by atoms with Crippen molar-refractivity contribution >= 4 is 17.8 Å². The van der Waals surface area contributed by atoms with Crippen molar-refractivity contribution in [1.29, 1.82) is 0 Å². The van der Waals surface area contributed by atoms with Gasteiger partial charge in [0.25, 0.3) is 0 Å². The third kappa shape index (κ3) is 5.02. The molecule has 0 unspecified atom stereocenters. The molecule has 1 aliphatic carbocycles. The summed E-state index contributed by atoms with van der Waals surface area (Å²) in [6, 6.07) is 5.76. The Hall–Kier alpha value is -2.51. The van der Waals surface area contributed by atoms with Gasteiger partial charge >= 0.3 is 12.0 Å². The van der Waals surface area contributed by atoms with E-state index in [0.717, 1.165) is 31.7 Å². The number of anilines is 1. The normalized spacial score (nSPS) is 23.0. The summed E-state index contributed by atoms with van der Waals surface area (Å²) < 4.78 is 5.45. The van der Waals surface area contributed by atoms with Crippen molar-refractivity contribution in [3.8, 4) is 5.88 Å².